The maximum atomic E-state index is 11.1. The number of hydrogen-bond acceptors (Lipinski definition) is 5. The Bertz CT molecular complexity index is 367. The van der Waals surface area contributed by atoms with Crippen LogP contribution in [0.1, 0.15) is 6.42 Å². The van der Waals surface area contributed by atoms with E-state index in [0.717, 1.165) is 6.54 Å². The fourth-order valence-electron chi connectivity index (χ4n) is 1.48. The number of rotatable bonds is 1. The Labute approximate surface area is 87.5 Å². The zero-order chi connectivity index (χ0) is 10.7. The van der Waals surface area contributed by atoms with Gasteiger partial charge in [0.25, 0.3) is 0 Å². The summed E-state index contributed by atoms with van der Waals surface area (Å²) >= 11 is 0. The fourth-order valence-corrected chi connectivity index (χ4v) is 1.48. The van der Waals surface area contributed by atoms with Gasteiger partial charge in [-0.1, -0.05) is 0 Å². The minimum Gasteiger partial charge on any atom is -0.384 e. The van der Waals surface area contributed by atoms with Gasteiger partial charge >= 0.3 is 0 Å². The molecule has 0 spiro atoms. The molecule has 80 valence electrons. The molecule has 1 aliphatic rings. The Kier molecular flexibility index (Phi) is 2.66. The van der Waals surface area contributed by atoms with Crippen LogP contribution in [0.5, 0.6) is 0 Å². The van der Waals surface area contributed by atoms with E-state index < -0.39 is 0 Å². The molecule has 0 aliphatic carbocycles. The maximum absolute atomic E-state index is 11.1. The third-order valence-electron chi connectivity index (χ3n) is 2.26. The Balaban J connectivity index is 2.13. The number of anilines is 2. The van der Waals surface area contributed by atoms with Crippen LogP contribution >= 0.6 is 0 Å². The summed E-state index contributed by atoms with van der Waals surface area (Å²) in [6, 6.07) is 1.64. The van der Waals surface area contributed by atoms with E-state index in [9.17, 15) is 4.79 Å². The van der Waals surface area contributed by atoms with Gasteiger partial charge in [0.1, 0.15) is 5.82 Å². The zero-order valence-corrected chi connectivity index (χ0v) is 8.31. The van der Waals surface area contributed by atoms with Gasteiger partial charge < -0.3 is 16.0 Å². The molecule has 1 amide bonds. The number of carbonyl (C=O) groups excluding carboxylic acids is 1. The second-order valence-corrected chi connectivity index (χ2v) is 3.37. The largest absolute Gasteiger partial charge is 0.384 e. The summed E-state index contributed by atoms with van der Waals surface area (Å²) in [7, 11) is 0. The van der Waals surface area contributed by atoms with E-state index in [1.54, 1.807) is 12.3 Å². The average molecular weight is 207 g/mol. The Morgan fingerprint density at radius 1 is 1.47 bits per heavy atom. The molecule has 15 heavy (non-hydrogen) atoms. The van der Waals surface area contributed by atoms with Crippen LogP contribution < -0.4 is 16.0 Å². The highest BCUT2D eigenvalue weighted by molar-refractivity contribution is 5.77. The number of aromatic nitrogens is 2. The van der Waals surface area contributed by atoms with Crippen LogP contribution in [0, 0.1) is 0 Å². The molecule has 0 aromatic carbocycles. The van der Waals surface area contributed by atoms with E-state index in [-0.39, 0.29) is 5.91 Å². The first kappa shape index (κ1) is 9.70. The monoisotopic (exact) mass is 207 g/mol. The van der Waals surface area contributed by atoms with Crippen LogP contribution in [0.25, 0.3) is 0 Å². The Morgan fingerprint density at radius 3 is 3.13 bits per heavy atom. The molecule has 0 atom stereocenters. The normalized spacial score (nSPS) is 17.1. The molecule has 6 nitrogen and oxygen atoms in total. The Hall–Kier alpha value is -1.85. The molecule has 1 aromatic heterocycles. The number of hydrogen-bond donors (Lipinski definition) is 2. The van der Waals surface area contributed by atoms with Crippen molar-refractivity contribution in [3.63, 3.8) is 0 Å². The van der Waals surface area contributed by atoms with Crippen molar-refractivity contribution in [1.29, 1.82) is 0 Å². The predicted molar refractivity (Wildman–Crippen MR) is 56.3 cm³/mol. The summed E-state index contributed by atoms with van der Waals surface area (Å²) in [5, 5.41) is 2.79. The van der Waals surface area contributed by atoms with E-state index in [2.05, 4.69) is 15.3 Å². The molecule has 6 heteroatoms. The van der Waals surface area contributed by atoms with E-state index in [0.29, 0.717) is 31.3 Å². The van der Waals surface area contributed by atoms with Crippen molar-refractivity contribution >= 4 is 17.7 Å². The van der Waals surface area contributed by atoms with Crippen molar-refractivity contribution in [2.75, 3.05) is 30.3 Å². The summed E-state index contributed by atoms with van der Waals surface area (Å²) < 4.78 is 0. The molecule has 0 radical (unpaired) electrons. The first-order chi connectivity index (χ1) is 7.25. The van der Waals surface area contributed by atoms with Gasteiger partial charge in [-0.2, -0.15) is 4.98 Å². The molecule has 0 saturated carbocycles. The number of nitrogen functional groups attached to an aromatic ring is 1. The highest BCUT2D eigenvalue weighted by Crippen LogP contribution is 2.09. The molecule has 1 aliphatic heterocycles. The molecular weight excluding hydrogens is 194 g/mol. The molecule has 2 rings (SSSR count). The van der Waals surface area contributed by atoms with Crippen LogP contribution in [-0.4, -0.2) is 35.5 Å². The van der Waals surface area contributed by atoms with Crippen LogP contribution in [0.2, 0.25) is 0 Å². The third kappa shape index (κ3) is 2.34. The van der Waals surface area contributed by atoms with Gasteiger partial charge in [0.2, 0.25) is 11.9 Å². The van der Waals surface area contributed by atoms with Crippen molar-refractivity contribution < 1.29 is 4.79 Å². The Morgan fingerprint density at radius 2 is 2.33 bits per heavy atom. The number of nitrogens with one attached hydrogen (secondary N) is 1. The number of nitrogens with zero attached hydrogens (tertiary/aromatic N) is 3. The van der Waals surface area contributed by atoms with Crippen LogP contribution in [0.15, 0.2) is 12.3 Å². The highest BCUT2D eigenvalue weighted by Gasteiger charge is 2.15. The second kappa shape index (κ2) is 4.12. The van der Waals surface area contributed by atoms with Crippen molar-refractivity contribution in [3.05, 3.63) is 12.3 Å². The van der Waals surface area contributed by atoms with Crippen LogP contribution in [0.3, 0.4) is 0 Å². The second-order valence-electron chi connectivity index (χ2n) is 3.37. The lowest BCUT2D eigenvalue weighted by Gasteiger charge is -2.18. The molecule has 1 saturated heterocycles. The van der Waals surface area contributed by atoms with Gasteiger partial charge in [-0.25, -0.2) is 4.98 Å². The minimum atomic E-state index is 0.0707. The zero-order valence-electron chi connectivity index (χ0n) is 8.31. The van der Waals surface area contributed by atoms with Crippen molar-refractivity contribution in [1.82, 2.24) is 15.3 Å². The molecule has 0 bridgehead atoms. The number of carbonyl (C=O) groups is 1. The summed E-state index contributed by atoms with van der Waals surface area (Å²) in [4.78, 5) is 21.3. The summed E-state index contributed by atoms with van der Waals surface area (Å²) in [5.74, 6) is 1.11. The molecule has 1 aromatic rings. The lowest BCUT2D eigenvalue weighted by Crippen LogP contribution is -2.29. The average Bonchev–Trinajstić information content (AvgIpc) is 2.43. The van der Waals surface area contributed by atoms with E-state index in [1.165, 1.54) is 0 Å². The van der Waals surface area contributed by atoms with Crippen LogP contribution in [-0.2, 0) is 4.79 Å². The number of nitrogens with two attached hydrogens (primary N) is 1. The SMILES string of the molecule is Nc1ccnc(N2CCNC(=O)CC2)n1. The molecule has 2 heterocycles. The van der Waals surface area contributed by atoms with Gasteiger partial charge in [-0.05, 0) is 6.07 Å². The molecular formula is C9H13N5O. The third-order valence-corrected chi connectivity index (χ3v) is 2.26. The molecule has 3 N–H and O–H groups in total. The van der Waals surface area contributed by atoms with E-state index >= 15 is 0 Å². The first-order valence-corrected chi connectivity index (χ1v) is 4.86. The maximum Gasteiger partial charge on any atom is 0.227 e. The quantitative estimate of drug-likeness (QED) is 0.641. The summed E-state index contributed by atoms with van der Waals surface area (Å²) in [5.41, 5.74) is 5.57. The topological polar surface area (TPSA) is 84.1 Å². The van der Waals surface area contributed by atoms with Crippen molar-refractivity contribution in [2.45, 2.75) is 6.42 Å². The highest BCUT2D eigenvalue weighted by atomic mass is 16.1. The van der Waals surface area contributed by atoms with Gasteiger partial charge in [-0.15, -0.1) is 0 Å². The summed E-state index contributed by atoms with van der Waals surface area (Å²) in [6.07, 6.45) is 2.09. The van der Waals surface area contributed by atoms with Gasteiger partial charge in [0.05, 0.1) is 0 Å². The molecule has 0 unspecified atom stereocenters. The predicted octanol–water partition coefficient (Wildman–Crippen LogP) is -0.615. The smallest absolute Gasteiger partial charge is 0.227 e. The number of amides is 1. The van der Waals surface area contributed by atoms with E-state index in [1.807, 2.05) is 4.90 Å². The first-order valence-electron chi connectivity index (χ1n) is 4.86. The fraction of sp³-hybridized carbons (Fsp3) is 0.444. The van der Waals surface area contributed by atoms with Crippen LogP contribution in [0.4, 0.5) is 11.8 Å². The van der Waals surface area contributed by atoms with Crippen molar-refractivity contribution in [2.24, 2.45) is 0 Å². The van der Waals surface area contributed by atoms with Gasteiger partial charge in [0, 0.05) is 32.3 Å². The minimum absolute atomic E-state index is 0.0707. The summed E-state index contributed by atoms with van der Waals surface area (Å²) in [6.45, 7) is 1.97. The molecule has 1 fully saturated rings. The lowest BCUT2D eigenvalue weighted by molar-refractivity contribution is -0.120. The van der Waals surface area contributed by atoms with Gasteiger partial charge in [-0.3, -0.25) is 4.79 Å². The van der Waals surface area contributed by atoms with E-state index in [4.69, 9.17) is 5.73 Å². The standard InChI is InChI=1S/C9H13N5O/c10-7-1-3-12-9(13-7)14-5-2-8(15)11-4-6-14/h1,3H,2,4-6H2,(H,11,15)(H2,10,12,13). The van der Waals surface area contributed by atoms with Crippen molar-refractivity contribution in [3.8, 4) is 0 Å². The lowest BCUT2D eigenvalue weighted by atomic mass is 10.4. The van der Waals surface area contributed by atoms with Gasteiger partial charge in [0.15, 0.2) is 0 Å².